The fraction of sp³-hybridized carbons (Fsp3) is 0. The van der Waals surface area contributed by atoms with Gasteiger partial charge in [0.2, 0.25) is 0 Å². The van der Waals surface area contributed by atoms with Crippen LogP contribution < -0.4 is 0 Å². The van der Waals surface area contributed by atoms with E-state index in [4.69, 9.17) is 18.8 Å². The number of hydrogen-bond donors (Lipinski definition) is 0. The van der Waals surface area contributed by atoms with Crippen molar-refractivity contribution >= 4 is 65.7 Å². The lowest BCUT2D eigenvalue weighted by Crippen LogP contribution is -1.96. The van der Waals surface area contributed by atoms with Gasteiger partial charge in [-0.15, -0.1) is 0 Å². The molecule has 13 rings (SSSR count). The van der Waals surface area contributed by atoms with Gasteiger partial charge in [-0.25, -0.2) is 9.97 Å². The van der Waals surface area contributed by atoms with E-state index in [-0.39, 0.29) is 0 Å². The topological polar surface area (TPSA) is 57.0 Å². The Balaban J connectivity index is 0.966. The maximum atomic E-state index is 6.58. The first kappa shape index (κ1) is 35.2. The molecule has 0 N–H and O–H groups in total. The molecule has 5 nitrogen and oxygen atoms in total. The third-order valence-corrected chi connectivity index (χ3v) is 12.4. The van der Waals surface area contributed by atoms with E-state index in [0.717, 1.165) is 99.9 Å². The van der Waals surface area contributed by atoms with E-state index in [1.807, 2.05) is 48.5 Å². The summed E-state index contributed by atoms with van der Waals surface area (Å²) >= 11 is 0. The summed E-state index contributed by atoms with van der Waals surface area (Å²) in [5, 5.41) is 6.61. The highest BCUT2D eigenvalue weighted by Gasteiger charge is 2.20. The van der Waals surface area contributed by atoms with Gasteiger partial charge < -0.3 is 13.4 Å². The molecular weight excluding hydrogens is 771 g/mol. The van der Waals surface area contributed by atoms with Crippen LogP contribution in [-0.2, 0) is 0 Å². The maximum Gasteiger partial charge on any atom is 0.161 e. The highest BCUT2D eigenvalue weighted by atomic mass is 16.3. The second-order valence-corrected chi connectivity index (χ2v) is 16.1. The number of hydrogen-bond acceptors (Lipinski definition) is 4. The monoisotopic (exact) mass is 805 g/mol. The summed E-state index contributed by atoms with van der Waals surface area (Å²) in [4.78, 5) is 10.6. The van der Waals surface area contributed by atoms with Crippen LogP contribution in [-0.4, -0.2) is 14.5 Å². The van der Waals surface area contributed by atoms with Crippen LogP contribution in [0.25, 0.3) is 128 Å². The largest absolute Gasteiger partial charge is 0.456 e. The van der Waals surface area contributed by atoms with Crippen LogP contribution in [0.15, 0.2) is 221 Å². The van der Waals surface area contributed by atoms with Gasteiger partial charge in [-0.1, -0.05) is 140 Å². The molecule has 0 fully saturated rings. The Hall–Kier alpha value is -8.54. The number of fused-ring (bicyclic) bond motifs is 9. The van der Waals surface area contributed by atoms with Crippen molar-refractivity contribution in [2.75, 3.05) is 0 Å². The van der Waals surface area contributed by atoms with E-state index in [9.17, 15) is 0 Å². The average molecular weight is 806 g/mol. The van der Waals surface area contributed by atoms with Gasteiger partial charge in [0, 0.05) is 54.7 Å². The van der Waals surface area contributed by atoms with Crippen molar-refractivity contribution in [1.82, 2.24) is 14.5 Å². The Kier molecular flexibility index (Phi) is 7.84. The predicted octanol–water partition coefficient (Wildman–Crippen LogP) is 15.7. The molecule has 4 heterocycles. The van der Waals surface area contributed by atoms with E-state index in [1.165, 1.54) is 21.8 Å². The zero-order chi connectivity index (χ0) is 41.4. The number of rotatable bonds is 6. The summed E-state index contributed by atoms with van der Waals surface area (Å²) in [6.07, 6.45) is 0. The second kappa shape index (κ2) is 14.0. The van der Waals surface area contributed by atoms with Crippen molar-refractivity contribution in [3.05, 3.63) is 212 Å². The lowest BCUT2D eigenvalue weighted by atomic mass is 9.92. The smallest absolute Gasteiger partial charge is 0.161 e. The van der Waals surface area contributed by atoms with E-state index in [1.54, 1.807) is 0 Å². The molecule has 0 unspecified atom stereocenters. The van der Waals surface area contributed by atoms with Gasteiger partial charge in [0.1, 0.15) is 22.3 Å². The SMILES string of the molecule is c1ccc(-c2cc(-c3ccc4c(c3)oc3ccccc34)nc(-c3cccc4oc5ccc(-c6ccccc6-c6ccc7c(c6)c6ccccc6n7-c6ccccc6)cc5c34)n2)cc1. The van der Waals surface area contributed by atoms with Gasteiger partial charge in [0.05, 0.1) is 22.4 Å². The molecule has 4 aromatic heterocycles. The van der Waals surface area contributed by atoms with Crippen LogP contribution >= 0.6 is 0 Å². The van der Waals surface area contributed by atoms with Crippen molar-refractivity contribution in [2.24, 2.45) is 0 Å². The van der Waals surface area contributed by atoms with E-state index >= 15 is 0 Å². The third kappa shape index (κ3) is 5.71. The third-order valence-electron chi connectivity index (χ3n) is 12.4. The fourth-order valence-corrected chi connectivity index (χ4v) is 9.52. The van der Waals surface area contributed by atoms with Crippen LogP contribution in [0.3, 0.4) is 0 Å². The summed E-state index contributed by atoms with van der Waals surface area (Å²) in [6.45, 7) is 0. The fourth-order valence-electron chi connectivity index (χ4n) is 9.52. The molecule has 0 saturated carbocycles. The van der Waals surface area contributed by atoms with Crippen LogP contribution in [0.2, 0.25) is 0 Å². The summed E-state index contributed by atoms with van der Waals surface area (Å²) in [5.74, 6) is 0.623. The van der Waals surface area contributed by atoms with E-state index in [2.05, 4.69) is 168 Å². The second-order valence-electron chi connectivity index (χ2n) is 16.1. The lowest BCUT2D eigenvalue weighted by Gasteiger charge is -2.12. The molecule has 0 aliphatic rings. The van der Waals surface area contributed by atoms with Gasteiger partial charge in [-0.3, -0.25) is 0 Å². The minimum absolute atomic E-state index is 0.623. The highest BCUT2D eigenvalue weighted by molar-refractivity contribution is 6.14. The normalized spacial score (nSPS) is 11.8. The Morgan fingerprint density at radius 1 is 0.317 bits per heavy atom. The first-order valence-corrected chi connectivity index (χ1v) is 21.2. The molecule has 294 valence electrons. The van der Waals surface area contributed by atoms with Crippen LogP contribution in [0.1, 0.15) is 0 Å². The molecule has 9 aromatic carbocycles. The molecule has 0 bridgehead atoms. The number of para-hydroxylation sites is 3. The first-order valence-electron chi connectivity index (χ1n) is 21.2. The Bertz CT molecular complexity index is 3910. The summed E-state index contributed by atoms with van der Waals surface area (Å²) < 4.78 is 15.3. The Morgan fingerprint density at radius 2 is 0.889 bits per heavy atom. The number of furan rings is 2. The van der Waals surface area contributed by atoms with Gasteiger partial charge in [0.25, 0.3) is 0 Å². The highest BCUT2D eigenvalue weighted by Crippen LogP contribution is 2.42. The molecule has 0 atom stereocenters. The minimum Gasteiger partial charge on any atom is -0.456 e. The number of aromatic nitrogens is 3. The summed E-state index contributed by atoms with van der Waals surface area (Å²) in [7, 11) is 0. The molecule has 0 amide bonds. The summed E-state index contributed by atoms with van der Waals surface area (Å²) in [5.41, 5.74) is 15.9. The van der Waals surface area contributed by atoms with Crippen molar-refractivity contribution in [1.29, 1.82) is 0 Å². The van der Waals surface area contributed by atoms with Crippen molar-refractivity contribution in [3.8, 4) is 61.8 Å². The molecule has 13 aromatic rings. The minimum atomic E-state index is 0.623. The lowest BCUT2D eigenvalue weighted by molar-refractivity contribution is 0.668. The standard InChI is InChI=1S/C58H35N3O2/c1-3-14-36(15-4-1)49-35-50(39-26-29-45-44-21-10-12-24-53(44)63-56(45)34-39)60-58(59-49)46-22-13-25-55-57(46)48-33-38(28-31-54(48)62-55)42-19-8-7-18-41(42)37-27-30-52-47(32-37)43-20-9-11-23-51(43)61(52)40-16-5-2-6-17-40/h1-35H. The van der Waals surface area contributed by atoms with Crippen molar-refractivity contribution in [2.45, 2.75) is 0 Å². The zero-order valence-corrected chi connectivity index (χ0v) is 33.9. The predicted molar refractivity (Wildman–Crippen MR) is 258 cm³/mol. The quantitative estimate of drug-likeness (QED) is 0.168. The van der Waals surface area contributed by atoms with Crippen LogP contribution in [0, 0.1) is 0 Å². The van der Waals surface area contributed by atoms with Crippen LogP contribution in [0.5, 0.6) is 0 Å². The van der Waals surface area contributed by atoms with E-state index < -0.39 is 0 Å². The van der Waals surface area contributed by atoms with E-state index in [0.29, 0.717) is 5.82 Å². The molecule has 0 spiro atoms. The first-order chi connectivity index (χ1) is 31.2. The van der Waals surface area contributed by atoms with Gasteiger partial charge in [-0.05, 0) is 95.1 Å². The van der Waals surface area contributed by atoms with Gasteiger partial charge in [-0.2, -0.15) is 0 Å². The average Bonchev–Trinajstić information content (AvgIpc) is 4.03. The molecule has 0 saturated heterocycles. The molecule has 0 aliphatic heterocycles. The summed E-state index contributed by atoms with van der Waals surface area (Å²) in [6, 6.07) is 74.4. The number of nitrogens with zero attached hydrogens (tertiary/aromatic N) is 3. The zero-order valence-electron chi connectivity index (χ0n) is 33.9. The molecule has 63 heavy (non-hydrogen) atoms. The molecule has 0 radical (unpaired) electrons. The molecule has 5 heteroatoms. The number of benzene rings is 9. The Morgan fingerprint density at radius 3 is 1.71 bits per heavy atom. The molecule has 0 aliphatic carbocycles. The van der Waals surface area contributed by atoms with Crippen molar-refractivity contribution < 1.29 is 8.83 Å². The van der Waals surface area contributed by atoms with Crippen LogP contribution in [0.4, 0.5) is 0 Å². The van der Waals surface area contributed by atoms with Crippen molar-refractivity contribution in [3.63, 3.8) is 0 Å². The maximum absolute atomic E-state index is 6.58. The molecular formula is C58H35N3O2. The Labute approximate surface area is 361 Å². The van der Waals surface area contributed by atoms with Gasteiger partial charge in [0.15, 0.2) is 5.82 Å². The van der Waals surface area contributed by atoms with Gasteiger partial charge >= 0.3 is 0 Å².